The van der Waals surface area contributed by atoms with Gasteiger partial charge < -0.3 is 15.8 Å². The number of aromatic amines is 1. The molecule has 1 aromatic heterocycles. The van der Waals surface area contributed by atoms with Gasteiger partial charge in [0, 0.05) is 12.6 Å². The molecule has 143 valence electrons. The van der Waals surface area contributed by atoms with E-state index in [-0.39, 0.29) is 23.7 Å². The van der Waals surface area contributed by atoms with Gasteiger partial charge in [-0.1, -0.05) is 37.3 Å². The van der Waals surface area contributed by atoms with Gasteiger partial charge in [0.25, 0.3) is 0 Å². The second-order valence-corrected chi connectivity index (χ2v) is 6.62. The van der Waals surface area contributed by atoms with Crippen LogP contribution in [0.2, 0.25) is 0 Å². The molecule has 5 N–H and O–H groups in total. The van der Waals surface area contributed by atoms with E-state index in [0.29, 0.717) is 18.8 Å². The van der Waals surface area contributed by atoms with Gasteiger partial charge in [0.2, 0.25) is 0 Å². The predicted octanol–water partition coefficient (Wildman–Crippen LogP) is 2.85. The van der Waals surface area contributed by atoms with Gasteiger partial charge >= 0.3 is 5.97 Å². The molecular formula is C20H25N4O3. The van der Waals surface area contributed by atoms with Crippen molar-refractivity contribution in [2.75, 3.05) is 0 Å². The first-order chi connectivity index (χ1) is 12.9. The highest BCUT2D eigenvalue weighted by molar-refractivity contribution is 6.07. The number of ketones is 1. The van der Waals surface area contributed by atoms with E-state index < -0.39 is 17.8 Å². The van der Waals surface area contributed by atoms with Crippen LogP contribution in [0.4, 0.5) is 0 Å². The molecule has 0 amide bonds. The molecule has 0 spiro atoms. The van der Waals surface area contributed by atoms with E-state index in [1.54, 1.807) is 6.92 Å². The van der Waals surface area contributed by atoms with Crippen molar-refractivity contribution in [1.82, 2.24) is 9.97 Å². The number of carbonyl (C=O) groups excluding carboxylic acids is 1. The Kier molecular flexibility index (Phi) is 7.28. The highest BCUT2D eigenvalue weighted by Crippen LogP contribution is 2.32. The molecule has 0 aliphatic heterocycles. The number of amidine groups is 1. The van der Waals surface area contributed by atoms with Gasteiger partial charge in [0.1, 0.15) is 5.69 Å². The van der Waals surface area contributed by atoms with E-state index >= 15 is 0 Å². The third-order valence-electron chi connectivity index (χ3n) is 4.70. The van der Waals surface area contributed by atoms with Crippen LogP contribution in [0.5, 0.6) is 0 Å². The molecule has 0 saturated heterocycles. The van der Waals surface area contributed by atoms with Gasteiger partial charge in [0.15, 0.2) is 5.78 Å². The van der Waals surface area contributed by atoms with Gasteiger partial charge in [0.05, 0.1) is 24.0 Å². The number of aryl methyl sites for hydroxylation is 1. The molecular weight excluding hydrogens is 344 g/mol. The van der Waals surface area contributed by atoms with Crippen LogP contribution in [-0.2, 0) is 11.2 Å². The largest absolute Gasteiger partial charge is 0.481 e. The van der Waals surface area contributed by atoms with Crippen molar-refractivity contribution < 1.29 is 14.7 Å². The average molecular weight is 369 g/mol. The average Bonchev–Trinajstić information content (AvgIpc) is 3.17. The van der Waals surface area contributed by atoms with Gasteiger partial charge in [-0.15, -0.1) is 0 Å². The Balaban J connectivity index is 2.10. The minimum absolute atomic E-state index is 0.0602. The summed E-state index contributed by atoms with van der Waals surface area (Å²) in [4.78, 5) is 31.3. The molecule has 0 fully saturated rings. The molecule has 0 saturated carbocycles. The van der Waals surface area contributed by atoms with Crippen LogP contribution in [0.3, 0.4) is 0 Å². The minimum Gasteiger partial charge on any atom is -0.481 e. The molecule has 27 heavy (non-hydrogen) atoms. The number of hydrogen-bond donors (Lipinski definition) is 4. The van der Waals surface area contributed by atoms with Gasteiger partial charge in [-0.25, -0.2) is 4.98 Å². The lowest BCUT2D eigenvalue weighted by Crippen LogP contribution is -2.33. The summed E-state index contributed by atoms with van der Waals surface area (Å²) >= 11 is 0. The number of carboxylic acids is 1. The van der Waals surface area contributed by atoms with Crippen LogP contribution >= 0.6 is 0 Å². The van der Waals surface area contributed by atoms with Crippen molar-refractivity contribution in [3.05, 3.63) is 60.0 Å². The molecule has 0 aliphatic rings. The topological polar surface area (TPSA) is 133 Å². The number of nitrogens with zero attached hydrogens (tertiary/aromatic N) is 1. The number of carboxylic acid groups (broad SMARTS) is 1. The Bertz CT molecular complexity index is 759. The number of carbonyl (C=O) groups is 2. The minimum atomic E-state index is -0.952. The van der Waals surface area contributed by atoms with Crippen molar-refractivity contribution >= 4 is 17.6 Å². The summed E-state index contributed by atoms with van der Waals surface area (Å²) in [6.45, 7) is 1.71. The van der Waals surface area contributed by atoms with Crippen LogP contribution in [0, 0.1) is 23.2 Å². The molecule has 0 bridgehead atoms. The number of nitrogens with two attached hydrogens (primary N) is 1. The van der Waals surface area contributed by atoms with Crippen molar-refractivity contribution in [2.24, 2.45) is 17.6 Å². The smallest absolute Gasteiger partial charge is 0.306 e. The second-order valence-electron chi connectivity index (χ2n) is 6.62. The Labute approximate surface area is 158 Å². The normalized spacial score (nSPS) is 13.3. The summed E-state index contributed by atoms with van der Waals surface area (Å²) in [7, 11) is 0. The lowest BCUT2D eigenvalue weighted by Gasteiger charge is -2.26. The van der Waals surface area contributed by atoms with Crippen molar-refractivity contribution in [3.8, 4) is 0 Å². The monoisotopic (exact) mass is 369 g/mol. The maximum absolute atomic E-state index is 12.7. The third kappa shape index (κ3) is 5.77. The van der Waals surface area contributed by atoms with E-state index in [4.69, 9.17) is 11.1 Å². The molecule has 1 radical (unpaired) electrons. The zero-order chi connectivity index (χ0) is 19.8. The Morgan fingerprint density at radius 1 is 1.30 bits per heavy atom. The first-order valence-electron chi connectivity index (χ1n) is 8.89. The quantitative estimate of drug-likeness (QED) is 0.275. The number of rotatable bonds is 11. The van der Waals surface area contributed by atoms with Crippen LogP contribution in [0.1, 0.15) is 42.2 Å². The SMILES string of the molecule is CC([C](CC(=N)N)C(=O)c1c[nH]cn1)C(CCCc1ccccc1)C(=O)O. The molecule has 1 aromatic carbocycles. The predicted molar refractivity (Wildman–Crippen MR) is 102 cm³/mol. The molecule has 2 atom stereocenters. The van der Waals surface area contributed by atoms with E-state index in [9.17, 15) is 14.7 Å². The number of benzene rings is 1. The van der Waals surface area contributed by atoms with Gasteiger partial charge in [-0.05, 0) is 30.7 Å². The van der Waals surface area contributed by atoms with Gasteiger partial charge in [-0.3, -0.25) is 15.0 Å². The standard InChI is InChI=1S/C20H25N4O3/c1-13(16(10-18(21)22)19(25)17-11-23-12-24-17)15(20(26)27)9-5-8-14-6-3-2-4-7-14/h2-4,6-7,11-13,15H,5,8-10H2,1H3,(H3,21,22)(H,23,24)(H,26,27). The maximum Gasteiger partial charge on any atom is 0.306 e. The fraction of sp³-hybridized carbons (Fsp3) is 0.350. The number of nitrogens with one attached hydrogen (secondary N) is 2. The summed E-state index contributed by atoms with van der Waals surface area (Å²) in [6, 6.07) is 9.86. The number of H-pyrrole nitrogens is 1. The first-order valence-corrected chi connectivity index (χ1v) is 8.89. The number of imidazole rings is 1. The Morgan fingerprint density at radius 2 is 2.00 bits per heavy atom. The highest BCUT2D eigenvalue weighted by Gasteiger charge is 2.36. The van der Waals surface area contributed by atoms with Crippen molar-refractivity contribution in [2.45, 2.75) is 32.6 Å². The summed E-state index contributed by atoms with van der Waals surface area (Å²) in [6.07, 6.45) is 4.68. The molecule has 1 heterocycles. The summed E-state index contributed by atoms with van der Waals surface area (Å²) in [5, 5.41) is 17.3. The zero-order valence-electron chi connectivity index (χ0n) is 15.3. The number of Topliss-reactive ketones (excluding diaryl/α,β-unsaturated/α-hetero) is 1. The lowest BCUT2D eigenvalue weighted by atomic mass is 9.76. The van der Waals surface area contributed by atoms with Crippen LogP contribution in [-0.4, -0.2) is 32.7 Å². The molecule has 0 aliphatic carbocycles. The first kappa shape index (κ1) is 20.4. The van der Waals surface area contributed by atoms with Crippen molar-refractivity contribution in [1.29, 1.82) is 5.41 Å². The van der Waals surface area contributed by atoms with Crippen LogP contribution in [0.25, 0.3) is 0 Å². The fourth-order valence-electron chi connectivity index (χ4n) is 3.20. The lowest BCUT2D eigenvalue weighted by molar-refractivity contribution is -0.143. The fourth-order valence-corrected chi connectivity index (χ4v) is 3.20. The van der Waals surface area contributed by atoms with E-state index in [2.05, 4.69) is 9.97 Å². The Hall–Kier alpha value is -2.96. The molecule has 2 unspecified atom stereocenters. The molecule has 7 heteroatoms. The van der Waals surface area contributed by atoms with E-state index in [0.717, 1.165) is 12.0 Å². The number of aliphatic carboxylic acids is 1. The molecule has 2 rings (SSSR count). The van der Waals surface area contributed by atoms with Gasteiger partial charge in [-0.2, -0.15) is 0 Å². The molecule has 2 aromatic rings. The summed E-state index contributed by atoms with van der Waals surface area (Å²) in [5.41, 5.74) is 6.86. The third-order valence-corrected chi connectivity index (χ3v) is 4.70. The second kappa shape index (κ2) is 9.66. The maximum atomic E-state index is 12.7. The zero-order valence-corrected chi connectivity index (χ0v) is 15.3. The Morgan fingerprint density at radius 3 is 2.56 bits per heavy atom. The van der Waals surface area contributed by atoms with Crippen LogP contribution < -0.4 is 5.73 Å². The number of hydrogen-bond acceptors (Lipinski definition) is 4. The molecule has 7 nitrogen and oxygen atoms in total. The van der Waals surface area contributed by atoms with E-state index in [1.165, 1.54) is 12.5 Å². The van der Waals surface area contributed by atoms with E-state index in [1.807, 2.05) is 30.3 Å². The summed E-state index contributed by atoms with van der Waals surface area (Å²) in [5.74, 6) is -2.46. The highest BCUT2D eigenvalue weighted by atomic mass is 16.4. The van der Waals surface area contributed by atoms with Crippen LogP contribution in [0.15, 0.2) is 42.9 Å². The summed E-state index contributed by atoms with van der Waals surface area (Å²) < 4.78 is 0. The van der Waals surface area contributed by atoms with Crippen molar-refractivity contribution in [3.63, 3.8) is 0 Å². The number of aromatic nitrogens is 2.